The van der Waals surface area contributed by atoms with Crippen LogP contribution in [0.3, 0.4) is 0 Å². The molecule has 1 aromatic rings. The van der Waals surface area contributed by atoms with Gasteiger partial charge in [-0.1, -0.05) is 6.07 Å². The SMILES string of the molecule is COCN(C(=O)C1=NN=CCC1=O)c1cccc(S(C)(=O)=O)c1. The van der Waals surface area contributed by atoms with Crippen LogP contribution in [-0.2, 0) is 24.2 Å². The first-order valence-electron chi connectivity index (χ1n) is 6.58. The number of benzene rings is 1. The average Bonchev–Trinajstić information content (AvgIpc) is 2.52. The highest BCUT2D eigenvalue weighted by Crippen LogP contribution is 2.20. The number of carbonyl (C=O) groups is 2. The first-order chi connectivity index (χ1) is 10.8. The second-order valence-electron chi connectivity index (χ2n) is 4.79. The van der Waals surface area contributed by atoms with Crippen molar-refractivity contribution in [2.24, 2.45) is 10.2 Å². The van der Waals surface area contributed by atoms with Gasteiger partial charge in [0.15, 0.2) is 21.3 Å². The van der Waals surface area contributed by atoms with Crippen molar-refractivity contribution in [3.05, 3.63) is 24.3 Å². The summed E-state index contributed by atoms with van der Waals surface area (Å²) < 4.78 is 28.3. The van der Waals surface area contributed by atoms with Gasteiger partial charge in [-0.05, 0) is 18.2 Å². The first-order valence-corrected chi connectivity index (χ1v) is 8.47. The molecular formula is C14H15N3O5S. The number of amides is 1. The Morgan fingerprint density at radius 1 is 1.39 bits per heavy atom. The Hall–Kier alpha value is -2.39. The zero-order chi connectivity index (χ0) is 17.0. The molecule has 1 amide bonds. The van der Waals surface area contributed by atoms with Crippen LogP contribution in [-0.4, -0.2) is 52.1 Å². The standard InChI is InChI=1S/C14H15N3O5S/c1-22-9-17(14(19)13-12(18)6-7-15-16-13)10-4-3-5-11(8-10)23(2,20)21/h3-5,7-8H,6,9H2,1-2H3. The van der Waals surface area contributed by atoms with Gasteiger partial charge in [-0.3, -0.25) is 14.5 Å². The molecule has 0 spiro atoms. The minimum atomic E-state index is -3.43. The zero-order valence-corrected chi connectivity index (χ0v) is 13.4. The molecule has 0 unspecified atom stereocenters. The predicted molar refractivity (Wildman–Crippen MR) is 84.5 cm³/mol. The Kier molecular flexibility index (Phi) is 5.02. The fourth-order valence-electron chi connectivity index (χ4n) is 1.93. The van der Waals surface area contributed by atoms with E-state index in [4.69, 9.17) is 4.74 Å². The van der Waals surface area contributed by atoms with Crippen molar-refractivity contribution in [2.75, 3.05) is 25.0 Å². The lowest BCUT2D eigenvalue weighted by Gasteiger charge is -2.22. The van der Waals surface area contributed by atoms with E-state index in [1.807, 2.05) is 0 Å². The van der Waals surface area contributed by atoms with Gasteiger partial charge < -0.3 is 4.74 Å². The normalized spacial score (nSPS) is 14.5. The third-order valence-corrected chi connectivity index (χ3v) is 4.15. The molecule has 8 nitrogen and oxygen atoms in total. The first kappa shape index (κ1) is 17.0. The summed E-state index contributed by atoms with van der Waals surface area (Å²) >= 11 is 0. The number of ether oxygens (including phenoxy) is 1. The van der Waals surface area contributed by atoms with Crippen LogP contribution >= 0.6 is 0 Å². The minimum Gasteiger partial charge on any atom is -0.364 e. The molecule has 0 bridgehead atoms. The molecule has 1 aliphatic heterocycles. The molecule has 2 rings (SSSR count). The number of Topliss-reactive ketones (excluding diaryl/α,β-unsaturated/α-hetero) is 1. The molecule has 0 saturated heterocycles. The van der Waals surface area contributed by atoms with Gasteiger partial charge in [-0.15, -0.1) is 5.10 Å². The molecule has 0 aromatic heterocycles. The summed E-state index contributed by atoms with van der Waals surface area (Å²) in [6.07, 6.45) is 2.37. The molecular weight excluding hydrogens is 322 g/mol. The van der Waals surface area contributed by atoms with Crippen LogP contribution in [0.5, 0.6) is 0 Å². The monoisotopic (exact) mass is 337 g/mol. The average molecular weight is 337 g/mol. The number of hydrogen-bond acceptors (Lipinski definition) is 7. The van der Waals surface area contributed by atoms with Crippen molar-refractivity contribution in [1.29, 1.82) is 0 Å². The Balaban J connectivity index is 2.43. The maximum absolute atomic E-state index is 12.5. The van der Waals surface area contributed by atoms with Gasteiger partial charge in [-0.2, -0.15) is 5.10 Å². The van der Waals surface area contributed by atoms with Crippen LogP contribution in [0, 0.1) is 0 Å². The highest BCUT2D eigenvalue weighted by molar-refractivity contribution is 7.90. The van der Waals surface area contributed by atoms with E-state index in [9.17, 15) is 18.0 Å². The fourth-order valence-corrected chi connectivity index (χ4v) is 2.59. The Labute approximate surface area is 133 Å². The molecule has 1 aromatic carbocycles. The summed E-state index contributed by atoms with van der Waals surface area (Å²) in [5.74, 6) is -1.15. The maximum Gasteiger partial charge on any atom is 0.284 e. The fraction of sp³-hybridized carbons (Fsp3) is 0.286. The topological polar surface area (TPSA) is 105 Å². The van der Waals surface area contributed by atoms with Gasteiger partial charge >= 0.3 is 0 Å². The lowest BCUT2D eigenvalue weighted by molar-refractivity contribution is -0.116. The quantitative estimate of drug-likeness (QED) is 0.724. The molecule has 0 N–H and O–H groups in total. The van der Waals surface area contributed by atoms with Gasteiger partial charge in [0.25, 0.3) is 5.91 Å². The Morgan fingerprint density at radius 3 is 2.74 bits per heavy atom. The van der Waals surface area contributed by atoms with Gasteiger partial charge in [0, 0.05) is 25.3 Å². The van der Waals surface area contributed by atoms with Gasteiger partial charge in [0.05, 0.1) is 11.3 Å². The van der Waals surface area contributed by atoms with E-state index in [1.165, 1.54) is 31.5 Å². The molecule has 122 valence electrons. The summed E-state index contributed by atoms with van der Waals surface area (Å²) in [4.78, 5) is 25.5. The highest BCUT2D eigenvalue weighted by Gasteiger charge is 2.28. The Bertz CT molecular complexity index is 798. The summed E-state index contributed by atoms with van der Waals surface area (Å²) in [7, 11) is -2.06. The second kappa shape index (κ2) is 6.80. The molecule has 0 radical (unpaired) electrons. The van der Waals surface area contributed by atoms with Crippen LogP contribution in [0.2, 0.25) is 0 Å². The van der Waals surface area contributed by atoms with E-state index in [-0.39, 0.29) is 29.4 Å². The van der Waals surface area contributed by atoms with E-state index in [2.05, 4.69) is 10.2 Å². The smallest absolute Gasteiger partial charge is 0.284 e. The molecule has 9 heteroatoms. The van der Waals surface area contributed by atoms with Crippen molar-refractivity contribution in [2.45, 2.75) is 11.3 Å². The Morgan fingerprint density at radius 2 is 2.13 bits per heavy atom. The van der Waals surface area contributed by atoms with Gasteiger partial charge in [0.1, 0.15) is 6.73 Å². The number of nitrogens with zero attached hydrogens (tertiary/aromatic N) is 3. The van der Waals surface area contributed by atoms with Crippen LogP contribution in [0.25, 0.3) is 0 Å². The van der Waals surface area contributed by atoms with Crippen LogP contribution in [0.15, 0.2) is 39.4 Å². The number of ketones is 1. The van der Waals surface area contributed by atoms with E-state index < -0.39 is 21.5 Å². The number of hydrogen-bond donors (Lipinski definition) is 0. The van der Waals surface area contributed by atoms with Crippen LogP contribution in [0.1, 0.15) is 6.42 Å². The molecule has 23 heavy (non-hydrogen) atoms. The highest BCUT2D eigenvalue weighted by atomic mass is 32.2. The summed E-state index contributed by atoms with van der Waals surface area (Å²) in [5.41, 5.74) is -0.0286. The minimum absolute atomic E-state index is 0.00518. The predicted octanol–water partition coefficient (Wildman–Crippen LogP) is 0.427. The number of anilines is 1. The number of carbonyl (C=O) groups excluding carboxylic acids is 2. The number of methoxy groups -OCH3 is 1. The lowest BCUT2D eigenvalue weighted by atomic mass is 10.1. The second-order valence-corrected chi connectivity index (χ2v) is 6.81. The molecule has 1 aliphatic rings. The molecule has 1 heterocycles. The van der Waals surface area contributed by atoms with Crippen LogP contribution < -0.4 is 4.90 Å². The number of rotatable bonds is 5. The van der Waals surface area contributed by atoms with Crippen molar-refractivity contribution >= 4 is 39.1 Å². The third-order valence-electron chi connectivity index (χ3n) is 3.04. The zero-order valence-electron chi connectivity index (χ0n) is 12.6. The van der Waals surface area contributed by atoms with E-state index in [1.54, 1.807) is 6.07 Å². The largest absolute Gasteiger partial charge is 0.364 e. The van der Waals surface area contributed by atoms with E-state index in [0.29, 0.717) is 0 Å². The van der Waals surface area contributed by atoms with Crippen molar-refractivity contribution in [3.8, 4) is 0 Å². The van der Waals surface area contributed by atoms with Crippen molar-refractivity contribution in [3.63, 3.8) is 0 Å². The number of sulfone groups is 1. The summed E-state index contributed by atoms with van der Waals surface area (Å²) in [6, 6.07) is 5.80. The lowest BCUT2D eigenvalue weighted by Crippen LogP contribution is -2.42. The molecule has 0 atom stereocenters. The van der Waals surface area contributed by atoms with Gasteiger partial charge in [-0.25, -0.2) is 8.42 Å². The van der Waals surface area contributed by atoms with E-state index >= 15 is 0 Å². The molecule has 0 aliphatic carbocycles. The summed E-state index contributed by atoms with van der Waals surface area (Å²) in [5, 5.41) is 7.16. The van der Waals surface area contributed by atoms with Crippen molar-refractivity contribution in [1.82, 2.24) is 0 Å². The maximum atomic E-state index is 12.5. The van der Waals surface area contributed by atoms with Crippen molar-refractivity contribution < 1.29 is 22.7 Å². The molecule has 0 saturated carbocycles. The van der Waals surface area contributed by atoms with Crippen LogP contribution in [0.4, 0.5) is 5.69 Å². The van der Waals surface area contributed by atoms with E-state index in [0.717, 1.165) is 11.2 Å². The van der Waals surface area contributed by atoms with Gasteiger partial charge in [0.2, 0.25) is 0 Å². The molecule has 0 fully saturated rings. The third kappa shape index (κ3) is 3.88. The summed E-state index contributed by atoms with van der Waals surface area (Å²) in [6.45, 7) is -0.165.